The summed E-state index contributed by atoms with van der Waals surface area (Å²) < 4.78 is 35.0. The second-order valence-corrected chi connectivity index (χ2v) is 8.66. The Hall–Kier alpha value is -2.51. The summed E-state index contributed by atoms with van der Waals surface area (Å²) in [4.78, 5) is 15.2. The number of carbonyl (C=O) groups is 1. The predicted octanol–water partition coefficient (Wildman–Crippen LogP) is 4.90. The minimum absolute atomic E-state index is 0.245. The van der Waals surface area contributed by atoms with Gasteiger partial charge in [-0.2, -0.15) is 0 Å². The van der Waals surface area contributed by atoms with Crippen molar-refractivity contribution in [3.05, 3.63) is 59.0 Å². The fourth-order valence-corrected chi connectivity index (χ4v) is 4.96. The second-order valence-electron chi connectivity index (χ2n) is 7.74. The summed E-state index contributed by atoms with van der Waals surface area (Å²) >= 11 is 1.78. The molecule has 2 aromatic carbocycles. The molecule has 0 N–H and O–H groups in total. The van der Waals surface area contributed by atoms with Crippen LogP contribution < -0.4 is 9.64 Å². The molecule has 0 bridgehead atoms. The van der Waals surface area contributed by atoms with E-state index in [0.717, 1.165) is 39.0 Å². The van der Waals surface area contributed by atoms with Crippen LogP contribution >= 0.6 is 11.3 Å². The number of ether oxygens (including phenoxy) is 1. The van der Waals surface area contributed by atoms with Crippen molar-refractivity contribution in [2.75, 3.05) is 44.2 Å². The molecule has 1 saturated heterocycles. The molecule has 0 radical (unpaired) electrons. The number of benzene rings is 2. The molecule has 0 amide bonds. The summed E-state index contributed by atoms with van der Waals surface area (Å²) in [7, 11) is 0. The largest absolute Gasteiger partial charge is 0.488 e. The molecule has 0 atom stereocenters. The number of thiophene rings is 1. The summed E-state index contributed by atoms with van der Waals surface area (Å²) in [6.45, 7) is 4.92. The Bertz CT molecular complexity index is 1010. The quantitative estimate of drug-likeness (QED) is 0.347. The topological polar surface area (TPSA) is 32.8 Å². The highest BCUT2D eigenvalue weighted by molar-refractivity contribution is 7.17. The third-order valence-electron chi connectivity index (χ3n) is 5.65. The van der Waals surface area contributed by atoms with Crippen molar-refractivity contribution in [2.24, 2.45) is 0 Å². The van der Waals surface area contributed by atoms with Gasteiger partial charge in [0.05, 0.1) is 17.0 Å². The van der Waals surface area contributed by atoms with Gasteiger partial charge in [0.15, 0.2) is 17.4 Å². The van der Waals surface area contributed by atoms with E-state index in [1.807, 2.05) is 0 Å². The highest BCUT2D eigenvalue weighted by Gasteiger charge is 2.19. The maximum atomic E-state index is 14.1. The number of aldehydes is 1. The number of halogens is 2. The molecule has 4 rings (SSSR count). The van der Waals surface area contributed by atoms with Crippen LogP contribution in [0.4, 0.5) is 14.5 Å². The minimum Gasteiger partial charge on any atom is -0.488 e. The molecule has 31 heavy (non-hydrogen) atoms. The number of anilines is 1. The Morgan fingerprint density at radius 3 is 2.58 bits per heavy atom. The van der Waals surface area contributed by atoms with Crippen LogP contribution in [0.2, 0.25) is 0 Å². The lowest BCUT2D eigenvalue weighted by Crippen LogP contribution is -2.46. The molecule has 1 aromatic heterocycles. The van der Waals surface area contributed by atoms with Gasteiger partial charge in [-0.25, -0.2) is 8.78 Å². The zero-order valence-corrected chi connectivity index (χ0v) is 18.2. The SMILES string of the molecule is O=CCCc1cc(F)c(OCCCN2CCN(c3cccc4ccsc34)CC2)c(F)c1. The number of hydrogen-bond acceptors (Lipinski definition) is 5. The van der Waals surface area contributed by atoms with Gasteiger partial charge >= 0.3 is 0 Å². The Morgan fingerprint density at radius 1 is 1.06 bits per heavy atom. The standard InChI is InChI=1S/C24H26F2N2O2S/c25-20-16-18(4-2-13-29)17-21(26)23(20)30-14-3-8-27-9-11-28(12-10-27)22-6-1-5-19-7-15-31-24(19)22/h1,5-7,13,15-17H,2-4,8-12,14H2. The molecule has 2 heterocycles. The molecule has 3 aromatic rings. The Labute approximate surface area is 185 Å². The summed E-state index contributed by atoms with van der Waals surface area (Å²) in [5, 5.41) is 3.42. The molecule has 1 aliphatic heterocycles. The Balaban J connectivity index is 1.23. The lowest BCUT2D eigenvalue weighted by Gasteiger charge is -2.36. The van der Waals surface area contributed by atoms with Gasteiger partial charge in [0.25, 0.3) is 0 Å². The number of aryl methyl sites for hydroxylation is 1. The van der Waals surface area contributed by atoms with Crippen molar-refractivity contribution >= 4 is 33.4 Å². The highest BCUT2D eigenvalue weighted by Crippen LogP contribution is 2.32. The zero-order valence-electron chi connectivity index (χ0n) is 17.4. The first-order valence-electron chi connectivity index (χ1n) is 10.6. The van der Waals surface area contributed by atoms with Crippen LogP contribution in [0.1, 0.15) is 18.4 Å². The van der Waals surface area contributed by atoms with Crippen LogP contribution in [0.15, 0.2) is 41.8 Å². The monoisotopic (exact) mass is 444 g/mol. The number of hydrogen-bond donors (Lipinski definition) is 0. The fourth-order valence-electron chi connectivity index (χ4n) is 4.02. The number of carbonyl (C=O) groups excluding carboxylic acids is 1. The van der Waals surface area contributed by atoms with Crippen LogP contribution in [-0.4, -0.2) is 50.5 Å². The molecule has 1 aliphatic rings. The highest BCUT2D eigenvalue weighted by atomic mass is 32.1. The molecule has 4 nitrogen and oxygen atoms in total. The van der Waals surface area contributed by atoms with E-state index in [1.165, 1.54) is 27.9 Å². The maximum Gasteiger partial charge on any atom is 0.190 e. The zero-order chi connectivity index (χ0) is 21.6. The van der Waals surface area contributed by atoms with Gasteiger partial charge in [-0.05, 0) is 53.4 Å². The lowest BCUT2D eigenvalue weighted by molar-refractivity contribution is -0.107. The summed E-state index contributed by atoms with van der Waals surface area (Å²) in [5.74, 6) is -1.75. The van der Waals surface area contributed by atoms with E-state index >= 15 is 0 Å². The third-order valence-corrected chi connectivity index (χ3v) is 6.60. The van der Waals surface area contributed by atoms with Crippen molar-refractivity contribution in [1.82, 2.24) is 4.90 Å². The van der Waals surface area contributed by atoms with E-state index < -0.39 is 11.6 Å². The fraction of sp³-hybridized carbons (Fsp3) is 0.375. The molecule has 0 unspecified atom stereocenters. The van der Waals surface area contributed by atoms with E-state index in [-0.39, 0.29) is 18.8 Å². The van der Waals surface area contributed by atoms with Crippen molar-refractivity contribution in [2.45, 2.75) is 19.3 Å². The summed E-state index contributed by atoms with van der Waals surface area (Å²) in [6.07, 6.45) is 2.01. The van der Waals surface area contributed by atoms with E-state index in [1.54, 1.807) is 11.3 Å². The average Bonchev–Trinajstić information content (AvgIpc) is 3.26. The number of rotatable bonds is 9. The number of fused-ring (bicyclic) bond motifs is 1. The van der Waals surface area contributed by atoms with Crippen molar-refractivity contribution < 1.29 is 18.3 Å². The number of nitrogens with zero attached hydrogens (tertiary/aromatic N) is 2. The van der Waals surface area contributed by atoms with Crippen LogP contribution in [0.5, 0.6) is 5.75 Å². The van der Waals surface area contributed by atoms with Crippen LogP contribution in [0, 0.1) is 11.6 Å². The number of piperazine rings is 1. The molecule has 0 spiro atoms. The molecular formula is C24H26F2N2O2S. The van der Waals surface area contributed by atoms with Gasteiger partial charge in [0.2, 0.25) is 0 Å². The molecule has 0 aliphatic carbocycles. The van der Waals surface area contributed by atoms with Crippen molar-refractivity contribution in [3.63, 3.8) is 0 Å². The first-order chi connectivity index (χ1) is 15.2. The molecule has 1 fully saturated rings. The van der Waals surface area contributed by atoms with E-state index in [9.17, 15) is 13.6 Å². The maximum absolute atomic E-state index is 14.1. The van der Waals surface area contributed by atoms with Gasteiger partial charge in [0.1, 0.15) is 6.29 Å². The summed E-state index contributed by atoms with van der Waals surface area (Å²) in [5.41, 5.74) is 1.77. The van der Waals surface area contributed by atoms with Gasteiger partial charge in [-0.15, -0.1) is 11.3 Å². The Kier molecular flexibility index (Phi) is 7.14. The molecular weight excluding hydrogens is 418 g/mol. The first kappa shape index (κ1) is 21.7. The van der Waals surface area contributed by atoms with Gasteiger partial charge in [-0.3, -0.25) is 4.90 Å². The van der Waals surface area contributed by atoms with E-state index in [4.69, 9.17) is 4.74 Å². The van der Waals surface area contributed by atoms with E-state index in [0.29, 0.717) is 18.4 Å². The van der Waals surface area contributed by atoms with Gasteiger partial charge in [0, 0.05) is 39.1 Å². The van der Waals surface area contributed by atoms with Crippen molar-refractivity contribution in [3.8, 4) is 5.75 Å². The molecule has 0 saturated carbocycles. The van der Waals surface area contributed by atoms with Gasteiger partial charge < -0.3 is 14.4 Å². The van der Waals surface area contributed by atoms with Crippen molar-refractivity contribution in [1.29, 1.82) is 0 Å². The smallest absolute Gasteiger partial charge is 0.190 e. The third kappa shape index (κ3) is 5.22. The Morgan fingerprint density at radius 2 is 1.84 bits per heavy atom. The molecule has 7 heteroatoms. The van der Waals surface area contributed by atoms with E-state index in [2.05, 4.69) is 39.4 Å². The second kappa shape index (κ2) is 10.2. The van der Waals surface area contributed by atoms with Gasteiger partial charge in [-0.1, -0.05) is 12.1 Å². The average molecular weight is 445 g/mol. The first-order valence-corrected chi connectivity index (χ1v) is 11.5. The predicted molar refractivity (Wildman–Crippen MR) is 121 cm³/mol. The van der Waals surface area contributed by atoms with Crippen LogP contribution in [0.25, 0.3) is 10.1 Å². The lowest BCUT2D eigenvalue weighted by atomic mass is 10.1. The summed E-state index contributed by atoms with van der Waals surface area (Å²) in [6, 6.07) is 11.1. The normalized spacial score (nSPS) is 14.8. The van der Waals surface area contributed by atoms with Crippen LogP contribution in [-0.2, 0) is 11.2 Å². The molecule has 164 valence electrons. The minimum atomic E-state index is -0.711. The van der Waals surface area contributed by atoms with Crippen LogP contribution in [0.3, 0.4) is 0 Å².